The first-order valence-electron chi connectivity index (χ1n) is 10.4. The molecule has 6 nitrogen and oxygen atoms in total. The van der Waals surface area contributed by atoms with Gasteiger partial charge in [0.1, 0.15) is 12.4 Å². The largest absolute Gasteiger partial charge is 0.356 e. The summed E-state index contributed by atoms with van der Waals surface area (Å²) in [6.45, 7) is 10.3. The minimum Gasteiger partial charge on any atom is -0.356 e. The van der Waals surface area contributed by atoms with Gasteiger partial charge in [0.25, 0.3) is 0 Å². The molecule has 1 atom stereocenters. The molecule has 0 spiro atoms. The molecule has 1 N–H and O–H groups in total. The molecule has 0 radical (unpaired) electrons. The highest BCUT2D eigenvalue weighted by atomic mass is 127. The van der Waals surface area contributed by atoms with Gasteiger partial charge < -0.3 is 14.8 Å². The van der Waals surface area contributed by atoms with Crippen molar-refractivity contribution in [3.05, 3.63) is 34.0 Å². The second kappa shape index (κ2) is 11.3. The van der Waals surface area contributed by atoms with Crippen molar-refractivity contribution in [3.63, 3.8) is 0 Å². The number of piperidine rings is 1. The van der Waals surface area contributed by atoms with Crippen LogP contribution in [0.1, 0.15) is 56.1 Å². The van der Waals surface area contributed by atoms with Gasteiger partial charge in [0.2, 0.25) is 0 Å². The monoisotopic (exact) mass is 530 g/mol. The average molecular weight is 531 g/mol. The first kappa shape index (κ1) is 24.1. The molecule has 2 aromatic rings. The topological polar surface area (TPSA) is 58.3 Å². The first-order chi connectivity index (χ1) is 13.5. The average Bonchev–Trinajstić information content (AvgIpc) is 3.29. The smallest absolute Gasteiger partial charge is 0.194 e. The second-order valence-electron chi connectivity index (χ2n) is 8.20. The fraction of sp³-hybridized carbons (Fsp3) is 0.667. The van der Waals surface area contributed by atoms with E-state index in [9.17, 15) is 0 Å². The van der Waals surface area contributed by atoms with Gasteiger partial charge in [-0.3, -0.25) is 0 Å². The Labute approximate surface area is 196 Å². The summed E-state index contributed by atoms with van der Waals surface area (Å²) < 4.78 is 2.02. The SMILES string of the molecule is CCCC1(C)CCCN(C(=NCc2nnc(C)n2C)NCCc2cccs2)C1.I. The van der Waals surface area contributed by atoms with Crippen LogP contribution in [0.15, 0.2) is 22.5 Å². The van der Waals surface area contributed by atoms with Crippen molar-refractivity contribution in [2.45, 2.75) is 59.4 Å². The normalized spacial score (nSPS) is 19.9. The maximum Gasteiger partial charge on any atom is 0.194 e. The Bertz CT molecular complexity index is 768. The molecule has 3 heterocycles. The third kappa shape index (κ3) is 6.67. The van der Waals surface area contributed by atoms with Crippen molar-refractivity contribution < 1.29 is 0 Å². The van der Waals surface area contributed by atoms with Crippen LogP contribution >= 0.6 is 35.3 Å². The number of aromatic nitrogens is 3. The predicted molar refractivity (Wildman–Crippen MR) is 132 cm³/mol. The third-order valence-electron chi connectivity index (χ3n) is 5.72. The van der Waals surface area contributed by atoms with E-state index in [0.717, 1.165) is 43.7 Å². The summed E-state index contributed by atoms with van der Waals surface area (Å²) in [4.78, 5) is 8.81. The Morgan fingerprint density at radius 1 is 1.38 bits per heavy atom. The lowest BCUT2D eigenvalue weighted by Gasteiger charge is -2.42. The zero-order valence-electron chi connectivity index (χ0n) is 18.1. The van der Waals surface area contributed by atoms with Gasteiger partial charge in [0, 0.05) is 31.6 Å². The predicted octanol–water partition coefficient (Wildman–Crippen LogP) is 4.39. The van der Waals surface area contributed by atoms with Crippen molar-refractivity contribution in [2.75, 3.05) is 19.6 Å². The van der Waals surface area contributed by atoms with E-state index in [1.165, 1.54) is 30.6 Å². The molecule has 1 fully saturated rings. The summed E-state index contributed by atoms with van der Waals surface area (Å²) in [5, 5.41) is 14.2. The molecule has 1 saturated heterocycles. The van der Waals surface area contributed by atoms with E-state index in [1.54, 1.807) is 0 Å². The van der Waals surface area contributed by atoms with Crippen LogP contribution < -0.4 is 5.32 Å². The van der Waals surface area contributed by atoms with E-state index < -0.39 is 0 Å². The van der Waals surface area contributed by atoms with E-state index in [2.05, 4.69) is 51.8 Å². The number of guanidine groups is 1. The molecular weight excluding hydrogens is 495 g/mol. The Morgan fingerprint density at radius 2 is 2.21 bits per heavy atom. The highest BCUT2D eigenvalue weighted by Crippen LogP contribution is 2.34. The highest BCUT2D eigenvalue weighted by Gasteiger charge is 2.31. The van der Waals surface area contributed by atoms with Crippen LogP contribution in [-0.4, -0.2) is 45.3 Å². The zero-order chi connectivity index (χ0) is 20.0. The summed E-state index contributed by atoms with van der Waals surface area (Å²) in [6.07, 6.45) is 6.07. The summed E-state index contributed by atoms with van der Waals surface area (Å²) >= 11 is 1.82. The van der Waals surface area contributed by atoms with E-state index in [0.29, 0.717) is 12.0 Å². The van der Waals surface area contributed by atoms with Crippen LogP contribution in [0.2, 0.25) is 0 Å². The van der Waals surface area contributed by atoms with Gasteiger partial charge in [-0.1, -0.05) is 26.3 Å². The number of nitrogens with zero attached hydrogens (tertiary/aromatic N) is 5. The minimum atomic E-state index is 0. The van der Waals surface area contributed by atoms with Crippen LogP contribution in [0.5, 0.6) is 0 Å². The quantitative estimate of drug-likeness (QED) is 0.328. The summed E-state index contributed by atoms with van der Waals surface area (Å²) in [5.74, 6) is 2.84. The number of hydrogen-bond donors (Lipinski definition) is 1. The fourth-order valence-electron chi connectivity index (χ4n) is 4.06. The van der Waals surface area contributed by atoms with Crippen molar-refractivity contribution in [1.29, 1.82) is 0 Å². The van der Waals surface area contributed by atoms with Crippen LogP contribution in [0.4, 0.5) is 0 Å². The van der Waals surface area contributed by atoms with Crippen LogP contribution in [-0.2, 0) is 20.0 Å². The maximum atomic E-state index is 4.95. The minimum absolute atomic E-state index is 0. The number of aryl methyl sites for hydroxylation is 1. The molecule has 29 heavy (non-hydrogen) atoms. The number of nitrogens with one attached hydrogen (secondary N) is 1. The van der Waals surface area contributed by atoms with Crippen LogP contribution in [0, 0.1) is 12.3 Å². The number of aliphatic imine (C=N–C) groups is 1. The third-order valence-corrected chi connectivity index (χ3v) is 6.66. The molecule has 0 aromatic carbocycles. The van der Waals surface area contributed by atoms with E-state index >= 15 is 0 Å². The Balaban J connectivity index is 0.00000300. The lowest BCUT2D eigenvalue weighted by molar-refractivity contribution is 0.142. The molecule has 162 valence electrons. The molecule has 0 aliphatic carbocycles. The van der Waals surface area contributed by atoms with Crippen LogP contribution in [0.3, 0.4) is 0 Å². The van der Waals surface area contributed by atoms with Crippen molar-refractivity contribution in [1.82, 2.24) is 25.0 Å². The van der Waals surface area contributed by atoms with Gasteiger partial charge in [-0.25, -0.2) is 4.99 Å². The van der Waals surface area contributed by atoms with E-state index in [-0.39, 0.29) is 24.0 Å². The van der Waals surface area contributed by atoms with Gasteiger partial charge in [0.05, 0.1) is 0 Å². The molecule has 1 aliphatic rings. The lowest BCUT2D eigenvalue weighted by Crippen LogP contribution is -2.50. The van der Waals surface area contributed by atoms with Crippen molar-refractivity contribution in [3.8, 4) is 0 Å². The zero-order valence-corrected chi connectivity index (χ0v) is 21.3. The first-order valence-corrected chi connectivity index (χ1v) is 11.3. The molecule has 3 rings (SSSR count). The standard InChI is InChI=1S/C21H34N6S.HI/c1-5-10-21(3)11-7-13-27(16-21)20(22-12-9-18-8-6-14-28-18)23-15-19-25-24-17(2)26(19)4;/h6,8,14H,5,7,9-13,15-16H2,1-4H3,(H,22,23);1H. The molecule has 8 heteroatoms. The molecule has 0 bridgehead atoms. The van der Waals surface area contributed by atoms with E-state index in [1.807, 2.05) is 29.9 Å². The Morgan fingerprint density at radius 3 is 2.86 bits per heavy atom. The number of rotatable bonds is 7. The molecule has 1 unspecified atom stereocenters. The molecule has 0 saturated carbocycles. The van der Waals surface area contributed by atoms with Crippen LogP contribution in [0.25, 0.3) is 0 Å². The van der Waals surface area contributed by atoms with Gasteiger partial charge in [-0.15, -0.1) is 45.5 Å². The van der Waals surface area contributed by atoms with Gasteiger partial charge in [0.15, 0.2) is 11.8 Å². The molecule has 0 amide bonds. The molecule has 2 aromatic heterocycles. The van der Waals surface area contributed by atoms with Gasteiger partial charge >= 0.3 is 0 Å². The Kier molecular flexibility index (Phi) is 9.39. The van der Waals surface area contributed by atoms with Crippen molar-refractivity contribution >= 4 is 41.3 Å². The number of thiophene rings is 1. The highest BCUT2D eigenvalue weighted by molar-refractivity contribution is 14.0. The van der Waals surface area contributed by atoms with Gasteiger partial charge in [-0.05, 0) is 49.5 Å². The molecular formula is C21H35IN6S. The summed E-state index contributed by atoms with van der Waals surface area (Å²) in [6, 6.07) is 4.32. The maximum absolute atomic E-state index is 4.95. The lowest BCUT2D eigenvalue weighted by atomic mass is 9.78. The summed E-state index contributed by atoms with van der Waals surface area (Å²) in [7, 11) is 2.00. The number of likely N-dealkylation sites (tertiary alicyclic amines) is 1. The number of hydrogen-bond acceptors (Lipinski definition) is 4. The summed E-state index contributed by atoms with van der Waals surface area (Å²) in [5.41, 5.74) is 0.380. The van der Waals surface area contributed by atoms with E-state index in [4.69, 9.17) is 4.99 Å². The second-order valence-corrected chi connectivity index (χ2v) is 9.24. The fourth-order valence-corrected chi connectivity index (χ4v) is 4.77. The Hall–Kier alpha value is -1.16. The van der Waals surface area contributed by atoms with Crippen molar-refractivity contribution in [2.24, 2.45) is 17.5 Å². The number of halogens is 1. The van der Waals surface area contributed by atoms with Gasteiger partial charge in [-0.2, -0.15) is 0 Å². The molecule has 1 aliphatic heterocycles.